The predicted molar refractivity (Wildman–Crippen MR) is 29.6 cm³/mol. The molecule has 5 heavy (non-hydrogen) atoms. The Labute approximate surface area is 59.9 Å². The van der Waals surface area contributed by atoms with Crippen LogP contribution in [0, 0.1) is 0 Å². The molecule has 0 aliphatic heterocycles. The van der Waals surface area contributed by atoms with Crippen molar-refractivity contribution in [1.29, 1.82) is 0 Å². The van der Waals surface area contributed by atoms with Crippen LogP contribution in [0.3, 0.4) is 0 Å². The van der Waals surface area contributed by atoms with Crippen LogP contribution in [0.15, 0.2) is 0 Å². The molecule has 0 heterocycles. The summed E-state index contributed by atoms with van der Waals surface area (Å²) in [6.07, 6.45) is 0. The molecule has 1 atom stereocenters. The predicted octanol–water partition coefficient (Wildman–Crippen LogP) is -2.05. The van der Waals surface area contributed by atoms with Gasteiger partial charge in [-0.2, -0.15) is 0 Å². The Kier molecular flexibility index (Phi) is 13.4. The van der Waals surface area contributed by atoms with E-state index in [0.717, 1.165) is 0 Å². The van der Waals surface area contributed by atoms with E-state index in [9.17, 15) is 0 Å². The van der Waals surface area contributed by atoms with Gasteiger partial charge < -0.3 is 0 Å². The van der Waals surface area contributed by atoms with E-state index < -0.39 is 15.0 Å². The normalized spacial score (nSPS) is 7.80. The van der Waals surface area contributed by atoms with Crippen molar-refractivity contribution < 1.29 is 28.1 Å². The standard InChI is InChI=1S/Al.Fe.Nb.H2P.H3Si.3H/h;;;1H2;1H3;;;/q;;+1;-1;;;;. The third-order valence-corrected chi connectivity index (χ3v) is 0. The summed E-state index contributed by atoms with van der Waals surface area (Å²) in [7, 11) is 4.18. The van der Waals surface area contributed by atoms with Crippen LogP contribution in [0.2, 0.25) is 0 Å². The van der Waals surface area contributed by atoms with E-state index in [2.05, 4.69) is 20.2 Å². The molecule has 0 saturated carbocycles. The molecule has 0 radical (unpaired) electrons. The zero-order valence-corrected chi connectivity index (χ0v) is 8.84. The summed E-state index contributed by atoms with van der Waals surface area (Å²) in [5, 5.41) is 0. The minimum absolute atomic E-state index is 0. The summed E-state index contributed by atoms with van der Waals surface area (Å²) >= 11 is 3.20. The number of hydrogen-bond donors (Lipinski definition) is 0. The molecule has 0 aromatic rings. The number of hydrogen-bond acceptors (Lipinski definition) is 0. The Morgan fingerprint density at radius 3 is 1.80 bits per heavy atom. The zero-order valence-electron chi connectivity index (χ0n) is 2.38. The van der Waals surface area contributed by atoms with Crippen LogP contribution >= 0.6 is 7.13 Å². The van der Waals surface area contributed by atoms with Crippen molar-refractivity contribution >= 4 is 32.5 Å². The van der Waals surface area contributed by atoms with Crippen molar-refractivity contribution in [2.24, 2.45) is 0 Å². The third-order valence-electron chi connectivity index (χ3n) is 0. The summed E-state index contributed by atoms with van der Waals surface area (Å²) in [5.74, 6) is 0. The van der Waals surface area contributed by atoms with Crippen LogP contribution in [0.5, 0.6) is 0 Å². The van der Waals surface area contributed by atoms with Gasteiger partial charge in [0, 0.05) is 0 Å². The maximum atomic E-state index is 3.85. The number of rotatable bonds is 0. The Morgan fingerprint density at radius 1 is 1.80 bits per heavy atom. The second kappa shape index (κ2) is 6.44. The van der Waals surface area contributed by atoms with Gasteiger partial charge in [0.1, 0.15) is 0 Å². The van der Waals surface area contributed by atoms with Gasteiger partial charge in [0.05, 0.1) is 0 Å². The first-order valence-electron chi connectivity index (χ1n) is 0.864. The van der Waals surface area contributed by atoms with Crippen LogP contribution in [0.1, 0.15) is 0 Å². The average molecular weight is 243 g/mol. The Hall–Kier alpha value is 2.44. The zero-order chi connectivity index (χ0) is 3.58. The van der Waals surface area contributed by atoms with E-state index in [-0.39, 0.29) is 17.4 Å². The van der Waals surface area contributed by atoms with Gasteiger partial charge >= 0.3 is 43.2 Å². The van der Waals surface area contributed by atoms with E-state index >= 15 is 0 Å². The van der Waals surface area contributed by atoms with E-state index in [1.807, 2.05) is 0 Å². The van der Waals surface area contributed by atoms with Crippen molar-refractivity contribution in [3.05, 3.63) is 0 Å². The van der Waals surface area contributed by atoms with Crippen molar-refractivity contribution in [2.45, 2.75) is 0 Å². The van der Waals surface area contributed by atoms with Crippen molar-refractivity contribution in [3.8, 4) is 0 Å². The fourth-order valence-corrected chi connectivity index (χ4v) is 0. The molecule has 0 saturated heterocycles. The van der Waals surface area contributed by atoms with E-state index in [1.54, 1.807) is 0 Å². The van der Waals surface area contributed by atoms with Gasteiger partial charge in [0.15, 0.2) is 17.4 Å². The summed E-state index contributed by atoms with van der Waals surface area (Å²) in [6, 6.07) is 0. The SMILES string of the molecule is [AlH3].[SiH3][Nb]([PH2])[Fe]. The van der Waals surface area contributed by atoms with Crippen molar-refractivity contribution in [1.82, 2.24) is 0 Å². The molecule has 5 heteroatoms. The molecule has 0 spiro atoms. The third kappa shape index (κ3) is 21.3. The van der Waals surface area contributed by atoms with E-state index in [0.29, 0.717) is 0 Å². The van der Waals surface area contributed by atoms with Gasteiger partial charge in [-0.1, -0.05) is 0 Å². The fourth-order valence-electron chi connectivity index (χ4n) is 0. The van der Waals surface area contributed by atoms with E-state index in [4.69, 9.17) is 0 Å². The van der Waals surface area contributed by atoms with Gasteiger partial charge in [0.25, 0.3) is 0 Å². The molecule has 0 N–H and O–H groups in total. The fraction of sp³-hybridized carbons (Fsp3) is 0. The Morgan fingerprint density at radius 2 is 1.80 bits per heavy atom. The molecule has 0 fully saturated rings. The summed E-state index contributed by atoms with van der Waals surface area (Å²) in [5.41, 5.74) is 0. The maximum absolute atomic E-state index is 3.85. The second-order valence-corrected chi connectivity index (χ2v) is 32.0. The first-order valence-corrected chi connectivity index (χ1v) is 16.4. The van der Waals surface area contributed by atoms with Crippen LogP contribution in [0.25, 0.3) is 0 Å². The Balaban J connectivity index is 0. The van der Waals surface area contributed by atoms with Crippen molar-refractivity contribution in [3.63, 3.8) is 0 Å². The summed E-state index contributed by atoms with van der Waals surface area (Å²) in [6.45, 7) is 0. The molecule has 0 aromatic carbocycles. The summed E-state index contributed by atoms with van der Waals surface area (Å²) in [4.78, 5) is 0. The monoisotopic (exact) mass is 243 g/mol. The minimum atomic E-state index is -0.644. The first kappa shape index (κ1) is 10.4. The molecular weight excluding hydrogens is 235 g/mol. The van der Waals surface area contributed by atoms with Crippen LogP contribution in [-0.4, -0.2) is 25.4 Å². The topological polar surface area (TPSA) is 0 Å². The van der Waals surface area contributed by atoms with Gasteiger partial charge in [-0.25, -0.2) is 0 Å². The molecule has 0 aliphatic rings. The summed E-state index contributed by atoms with van der Waals surface area (Å²) < 4.78 is 0. The molecule has 33 valence electrons. The second-order valence-electron chi connectivity index (χ2n) is 0.508. The molecule has 0 rings (SSSR count). The molecule has 1 unspecified atom stereocenters. The van der Waals surface area contributed by atoms with Gasteiger partial charge in [0.2, 0.25) is 0 Å². The van der Waals surface area contributed by atoms with Gasteiger partial charge in [-0.15, -0.1) is 0 Å². The molecule has 0 amide bonds. The molecule has 0 aromatic heterocycles. The van der Waals surface area contributed by atoms with Crippen LogP contribution < -0.4 is 0 Å². The van der Waals surface area contributed by atoms with Crippen molar-refractivity contribution in [2.75, 3.05) is 0 Å². The quantitative estimate of drug-likeness (QED) is 0.339. The van der Waals surface area contributed by atoms with Crippen LogP contribution in [-0.2, 0) is 28.1 Å². The molecular formula is H8AlFeNbPSi. The van der Waals surface area contributed by atoms with Gasteiger partial charge in [-0.3, -0.25) is 0 Å². The average Bonchev–Trinajstić information content (AvgIpc) is 0.811. The van der Waals surface area contributed by atoms with Gasteiger partial charge in [-0.05, 0) is 0 Å². The molecule has 0 aliphatic carbocycles. The molecule has 0 bridgehead atoms. The van der Waals surface area contributed by atoms with Crippen LogP contribution in [0.4, 0.5) is 0 Å². The first-order chi connectivity index (χ1) is 1.73. The Bertz CT molecular complexity index is 16.4. The molecule has 0 nitrogen and oxygen atoms in total. The van der Waals surface area contributed by atoms with E-state index in [1.165, 1.54) is 8.00 Å².